The topological polar surface area (TPSA) is 105 Å². The minimum absolute atomic E-state index is 0.0104. The Morgan fingerprint density at radius 3 is 2.43 bits per heavy atom. The number of nitrogens with zero attached hydrogens (tertiary/aromatic N) is 1. The Hall–Kier alpha value is -2.59. The van der Waals surface area contributed by atoms with Crippen molar-refractivity contribution in [2.75, 3.05) is 6.26 Å². The number of hydrogen-bond donors (Lipinski definition) is 2. The standard InChI is InChI=1S/C24H24ClF2N3O4S/c1-35(33,34)13-4-12(9-28-10-13)23(31)29-21(7-16-14-5-15(14)16)24(32)30-22(11-2-3-11)17-6-20(27)18(25)8-19(17)26/h4,6,8-11,14-16,21-22H,2-3,5,7H2,1H3,(H,29,31)(H,30,32)/t14-,15?,16-,21+,22+/m0/s1. The molecule has 1 aromatic heterocycles. The van der Waals surface area contributed by atoms with E-state index in [4.69, 9.17) is 11.6 Å². The first-order valence-corrected chi connectivity index (χ1v) is 13.7. The summed E-state index contributed by atoms with van der Waals surface area (Å²) in [5.74, 6) is -1.19. The second-order valence-corrected chi connectivity index (χ2v) is 12.2. The van der Waals surface area contributed by atoms with Crippen molar-refractivity contribution in [2.24, 2.45) is 23.7 Å². The number of rotatable bonds is 9. The van der Waals surface area contributed by atoms with Gasteiger partial charge in [-0.05, 0) is 67.6 Å². The third kappa shape index (κ3) is 5.18. The van der Waals surface area contributed by atoms with Gasteiger partial charge in [0, 0.05) is 24.2 Å². The quantitative estimate of drug-likeness (QED) is 0.490. The molecule has 3 aliphatic carbocycles. The number of benzene rings is 1. The number of hydrogen-bond acceptors (Lipinski definition) is 5. The molecule has 2 aromatic rings. The van der Waals surface area contributed by atoms with Crippen molar-refractivity contribution >= 4 is 33.3 Å². The van der Waals surface area contributed by atoms with Crippen molar-refractivity contribution in [1.82, 2.24) is 15.6 Å². The lowest BCUT2D eigenvalue weighted by molar-refractivity contribution is -0.124. The largest absolute Gasteiger partial charge is 0.347 e. The van der Waals surface area contributed by atoms with Crippen LogP contribution in [0.2, 0.25) is 5.02 Å². The van der Waals surface area contributed by atoms with Crippen molar-refractivity contribution < 1.29 is 26.8 Å². The number of sulfone groups is 1. The van der Waals surface area contributed by atoms with Crippen molar-refractivity contribution in [3.8, 4) is 0 Å². The summed E-state index contributed by atoms with van der Waals surface area (Å²) in [7, 11) is -3.57. The molecule has 1 unspecified atom stereocenters. The highest BCUT2D eigenvalue weighted by molar-refractivity contribution is 7.90. The van der Waals surface area contributed by atoms with Crippen LogP contribution in [0.4, 0.5) is 8.78 Å². The first-order valence-electron chi connectivity index (χ1n) is 11.4. The molecule has 0 saturated heterocycles. The zero-order chi connectivity index (χ0) is 25.1. The number of nitrogens with one attached hydrogen (secondary N) is 2. The molecular formula is C24H24ClF2N3O4S. The van der Waals surface area contributed by atoms with Crippen LogP contribution in [0.3, 0.4) is 0 Å². The Labute approximate surface area is 206 Å². The van der Waals surface area contributed by atoms with Gasteiger partial charge in [-0.1, -0.05) is 11.6 Å². The maximum Gasteiger partial charge on any atom is 0.253 e. The highest BCUT2D eigenvalue weighted by Gasteiger charge is 2.64. The molecular weight excluding hydrogens is 500 g/mol. The zero-order valence-corrected chi connectivity index (χ0v) is 20.4. The molecule has 7 nitrogen and oxygen atoms in total. The van der Waals surface area contributed by atoms with Crippen LogP contribution in [0.1, 0.15) is 47.6 Å². The van der Waals surface area contributed by atoms with Crippen molar-refractivity contribution in [3.63, 3.8) is 0 Å². The van der Waals surface area contributed by atoms with Gasteiger partial charge in [-0.2, -0.15) is 0 Å². The lowest BCUT2D eigenvalue weighted by Crippen LogP contribution is -2.48. The Bertz CT molecular complexity index is 1310. The van der Waals surface area contributed by atoms with Crippen molar-refractivity contribution in [3.05, 3.63) is 58.4 Å². The lowest BCUT2D eigenvalue weighted by atomic mass is 9.98. The first kappa shape index (κ1) is 24.1. The van der Waals surface area contributed by atoms with E-state index >= 15 is 0 Å². The van der Waals surface area contributed by atoms with E-state index in [-0.39, 0.29) is 27.0 Å². The summed E-state index contributed by atoms with van der Waals surface area (Å²) in [6.45, 7) is 0. The molecule has 0 spiro atoms. The van der Waals surface area contributed by atoms with Crippen LogP contribution >= 0.6 is 11.6 Å². The second kappa shape index (κ2) is 8.81. The summed E-state index contributed by atoms with van der Waals surface area (Å²) in [5.41, 5.74) is 0.0309. The van der Waals surface area contributed by atoms with E-state index in [1.807, 2.05) is 0 Å². The van der Waals surface area contributed by atoms with Gasteiger partial charge in [0.05, 0.1) is 21.5 Å². The van der Waals surface area contributed by atoms with Gasteiger partial charge in [0.15, 0.2) is 9.84 Å². The summed E-state index contributed by atoms with van der Waals surface area (Å²) in [5, 5.41) is 5.19. The lowest BCUT2D eigenvalue weighted by Gasteiger charge is -2.25. The number of amides is 2. The van der Waals surface area contributed by atoms with E-state index < -0.39 is 45.4 Å². The molecule has 11 heteroatoms. The molecule has 1 aromatic carbocycles. The summed E-state index contributed by atoms with van der Waals surface area (Å²) >= 11 is 5.69. The molecule has 0 aliphatic heterocycles. The van der Waals surface area contributed by atoms with Crippen molar-refractivity contribution in [1.29, 1.82) is 0 Å². The summed E-state index contributed by atoms with van der Waals surface area (Å²) < 4.78 is 52.4. The average molecular weight is 524 g/mol. The number of halogens is 3. The predicted molar refractivity (Wildman–Crippen MR) is 123 cm³/mol. The minimum atomic E-state index is -3.57. The molecule has 5 atom stereocenters. The molecule has 0 bridgehead atoms. The van der Waals surface area contributed by atoms with E-state index in [1.54, 1.807) is 0 Å². The maximum atomic E-state index is 14.6. The van der Waals surface area contributed by atoms with Gasteiger partial charge in [-0.25, -0.2) is 17.2 Å². The highest BCUT2D eigenvalue weighted by Crippen LogP contribution is 2.69. The molecule has 3 saturated carbocycles. The fourth-order valence-electron chi connectivity index (χ4n) is 4.66. The third-order valence-corrected chi connectivity index (χ3v) is 8.52. The van der Waals surface area contributed by atoms with E-state index in [0.717, 1.165) is 43.8 Å². The van der Waals surface area contributed by atoms with Crippen LogP contribution in [0.25, 0.3) is 0 Å². The Morgan fingerprint density at radius 2 is 1.83 bits per heavy atom. The van der Waals surface area contributed by atoms with Gasteiger partial charge >= 0.3 is 0 Å². The number of fused-ring (bicyclic) bond motifs is 1. The smallest absolute Gasteiger partial charge is 0.253 e. The normalized spacial score (nSPS) is 24.2. The molecule has 35 heavy (non-hydrogen) atoms. The Kier molecular flexibility index (Phi) is 6.07. The monoisotopic (exact) mass is 523 g/mol. The number of carbonyl (C=O) groups excluding carboxylic acids is 2. The van der Waals surface area contributed by atoms with Gasteiger partial charge in [-0.15, -0.1) is 0 Å². The van der Waals surface area contributed by atoms with Gasteiger partial charge in [0.25, 0.3) is 5.91 Å². The van der Waals surface area contributed by atoms with Crippen molar-refractivity contribution in [2.45, 2.75) is 42.7 Å². The van der Waals surface area contributed by atoms with Crippen LogP contribution in [0, 0.1) is 35.3 Å². The van der Waals surface area contributed by atoms with Crippen LogP contribution in [0.15, 0.2) is 35.5 Å². The summed E-state index contributed by atoms with van der Waals surface area (Å²) in [6, 6.07) is 1.45. The summed E-state index contributed by atoms with van der Waals surface area (Å²) in [6.07, 6.45) is 6.43. The number of aromatic nitrogens is 1. The Morgan fingerprint density at radius 1 is 1.11 bits per heavy atom. The van der Waals surface area contributed by atoms with Gasteiger partial charge < -0.3 is 10.6 Å². The van der Waals surface area contributed by atoms with E-state index in [0.29, 0.717) is 24.2 Å². The molecule has 0 radical (unpaired) electrons. The average Bonchev–Trinajstić information content (AvgIpc) is 3.67. The SMILES string of the molecule is CS(=O)(=O)c1cncc(C(=O)N[C@H](C[C@@H]2C3C[C@@H]32)C(=O)N[C@@H](c2cc(F)c(Cl)cc2F)C2CC2)c1. The molecule has 3 fully saturated rings. The van der Waals surface area contributed by atoms with Crippen LogP contribution in [-0.4, -0.2) is 37.5 Å². The van der Waals surface area contributed by atoms with Crippen LogP contribution in [-0.2, 0) is 14.6 Å². The second-order valence-electron chi connectivity index (χ2n) is 9.78. The molecule has 186 valence electrons. The van der Waals surface area contributed by atoms with Gasteiger partial charge in [0.2, 0.25) is 5.91 Å². The predicted octanol–water partition coefficient (Wildman–Crippen LogP) is 3.44. The first-order chi connectivity index (χ1) is 16.5. The fraction of sp³-hybridized carbons (Fsp3) is 0.458. The molecule has 2 amide bonds. The van der Waals surface area contributed by atoms with E-state index in [9.17, 15) is 26.8 Å². The summed E-state index contributed by atoms with van der Waals surface area (Å²) in [4.78, 5) is 30.0. The molecule has 3 aliphatic rings. The third-order valence-electron chi connectivity index (χ3n) is 7.15. The minimum Gasteiger partial charge on any atom is -0.347 e. The maximum absolute atomic E-state index is 14.6. The zero-order valence-electron chi connectivity index (χ0n) is 18.8. The Balaban J connectivity index is 1.35. The van der Waals surface area contributed by atoms with E-state index in [2.05, 4.69) is 15.6 Å². The molecule has 5 rings (SSSR count). The fourth-order valence-corrected chi connectivity index (χ4v) is 5.41. The number of pyridine rings is 1. The highest BCUT2D eigenvalue weighted by atomic mass is 35.5. The van der Waals surface area contributed by atoms with E-state index in [1.165, 1.54) is 12.3 Å². The molecule has 2 N–H and O–H groups in total. The van der Waals surface area contributed by atoms with Crippen LogP contribution < -0.4 is 10.6 Å². The van der Waals surface area contributed by atoms with Gasteiger partial charge in [-0.3, -0.25) is 14.6 Å². The van der Waals surface area contributed by atoms with Crippen LogP contribution in [0.5, 0.6) is 0 Å². The number of carbonyl (C=O) groups is 2. The van der Waals surface area contributed by atoms with Gasteiger partial charge in [0.1, 0.15) is 17.7 Å². The molecule has 1 heterocycles.